The van der Waals surface area contributed by atoms with Crippen molar-refractivity contribution in [2.24, 2.45) is 0 Å². The van der Waals surface area contributed by atoms with E-state index in [1.807, 2.05) is 0 Å². The second-order valence-corrected chi connectivity index (χ2v) is 4.60. The molecule has 0 unspecified atom stereocenters. The minimum Gasteiger partial charge on any atom is -0.310 e. The summed E-state index contributed by atoms with van der Waals surface area (Å²) in [5.74, 6) is 0.122. The molecule has 1 rings (SSSR count). The molecule has 2 nitrogen and oxygen atoms in total. The van der Waals surface area contributed by atoms with E-state index >= 15 is 0 Å². The topological polar surface area (TPSA) is 29.1 Å². The van der Waals surface area contributed by atoms with Crippen LogP contribution in [0.15, 0.2) is 24.3 Å². The lowest BCUT2D eigenvalue weighted by molar-refractivity contribution is 0.0991. The number of hydrogen-bond donors (Lipinski definition) is 1. The third kappa shape index (κ3) is 5.85. The molecule has 0 saturated carbocycles. The number of rotatable bonds is 8. The Kier molecular flexibility index (Phi) is 6.90. The Morgan fingerprint density at radius 3 is 2.53 bits per heavy atom. The van der Waals surface area contributed by atoms with Crippen molar-refractivity contribution < 1.29 is 4.79 Å². The Balaban J connectivity index is 2.19. The quantitative estimate of drug-likeness (QED) is 0.566. The lowest BCUT2D eigenvalue weighted by Crippen LogP contribution is -2.23. The molecule has 1 aromatic carbocycles. The zero-order valence-electron chi connectivity index (χ0n) is 10.3. The smallest absolute Gasteiger partial charge is 0.176 e. The van der Waals surface area contributed by atoms with Crippen molar-refractivity contribution >= 4 is 17.4 Å². The molecule has 0 spiro atoms. The fraction of sp³-hybridized carbons (Fsp3) is 0.500. The van der Waals surface area contributed by atoms with E-state index in [1.54, 1.807) is 24.3 Å². The highest BCUT2D eigenvalue weighted by molar-refractivity contribution is 6.30. The van der Waals surface area contributed by atoms with E-state index in [-0.39, 0.29) is 5.78 Å². The van der Waals surface area contributed by atoms with E-state index in [1.165, 1.54) is 19.3 Å². The van der Waals surface area contributed by atoms with Gasteiger partial charge in [-0.25, -0.2) is 0 Å². The van der Waals surface area contributed by atoms with Crippen molar-refractivity contribution in [3.05, 3.63) is 34.9 Å². The third-order valence-electron chi connectivity index (χ3n) is 2.66. The molecular formula is C14H20ClNO. The summed E-state index contributed by atoms with van der Waals surface area (Å²) in [6.45, 7) is 3.52. The van der Waals surface area contributed by atoms with Gasteiger partial charge in [-0.05, 0) is 37.2 Å². The van der Waals surface area contributed by atoms with Gasteiger partial charge in [0, 0.05) is 10.6 Å². The molecule has 0 saturated heterocycles. The number of carbonyl (C=O) groups excluding carboxylic acids is 1. The lowest BCUT2D eigenvalue weighted by atomic mass is 10.1. The number of unbranched alkanes of at least 4 members (excludes halogenated alkanes) is 3. The maximum Gasteiger partial charge on any atom is 0.176 e. The fourth-order valence-electron chi connectivity index (χ4n) is 1.62. The molecule has 0 heterocycles. The van der Waals surface area contributed by atoms with Crippen LogP contribution in [0.2, 0.25) is 5.02 Å². The van der Waals surface area contributed by atoms with Crippen LogP contribution in [-0.2, 0) is 0 Å². The van der Waals surface area contributed by atoms with Crippen molar-refractivity contribution in [1.82, 2.24) is 5.32 Å². The number of nitrogens with one attached hydrogen (secondary N) is 1. The van der Waals surface area contributed by atoms with Gasteiger partial charge < -0.3 is 5.32 Å². The van der Waals surface area contributed by atoms with Gasteiger partial charge in [-0.1, -0.05) is 37.8 Å². The Morgan fingerprint density at radius 2 is 1.88 bits per heavy atom. The first kappa shape index (κ1) is 14.2. The summed E-state index contributed by atoms with van der Waals surface area (Å²) in [4.78, 5) is 11.7. The molecule has 0 amide bonds. The largest absolute Gasteiger partial charge is 0.310 e. The monoisotopic (exact) mass is 253 g/mol. The Bertz CT molecular complexity index is 335. The van der Waals surface area contributed by atoms with E-state index in [9.17, 15) is 4.79 Å². The first-order valence-electron chi connectivity index (χ1n) is 6.23. The zero-order chi connectivity index (χ0) is 12.5. The van der Waals surface area contributed by atoms with Crippen LogP contribution in [0.5, 0.6) is 0 Å². The first-order valence-corrected chi connectivity index (χ1v) is 6.61. The lowest BCUT2D eigenvalue weighted by Gasteiger charge is -2.04. The van der Waals surface area contributed by atoms with Crippen LogP contribution in [0, 0.1) is 0 Å². The number of benzene rings is 1. The standard InChI is InChI=1S/C14H20ClNO/c1-2-3-4-5-10-16-11-14(17)12-6-8-13(15)9-7-12/h6-9,16H,2-5,10-11H2,1H3. The number of carbonyl (C=O) groups is 1. The molecule has 3 heteroatoms. The zero-order valence-corrected chi connectivity index (χ0v) is 11.1. The van der Waals surface area contributed by atoms with E-state index in [0.29, 0.717) is 11.6 Å². The molecule has 94 valence electrons. The molecule has 0 aromatic heterocycles. The van der Waals surface area contributed by atoms with Gasteiger partial charge in [-0.15, -0.1) is 0 Å². The average molecular weight is 254 g/mol. The average Bonchev–Trinajstić information content (AvgIpc) is 2.34. The third-order valence-corrected chi connectivity index (χ3v) is 2.91. The van der Waals surface area contributed by atoms with Gasteiger partial charge in [0.15, 0.2) is 5.78 Å². The first-order chi connectivity index (χ1) is 8.24. The fourth-order valence-corrected chi connectivity index (χ4v) is 1.74. The van der Waals surface area contributed by atoms with Gasteiger partial charge in [0.25, 0.3) is 0 Å². The molecule has 0 radical (unpaired) electrons. The van der Waals surface area contributed by atoms with Gasteiger partial charge >= 0.3 is 0 Å². The summed E-state index contributed by atoms with van der Waals surface area (Å²) in [6, 6.07) is 7.03. The van der Waals surface area contributed by atoms with Crippen molar-refractivity contribution in [1.29, 1.82) is 0 Å². The number of ketones is 1. The summed E-state index contributed by atoms with van der Waals surface area (Å²) < 4.78 is 0. The number of halogens is 1. The van der Waals surface area contributed by atoms with Gasteiger partial charge in [-0.3, -0.25) is 4.79 Å². The van der Waals surface area contributed by atoms with Gasteiger partial charge in [0.05, 0.1) is 6.54 Å². The molecule has 1 aromatic rings. The summed E-state index contributed by atoms with van der Waals surface area (Å²) >= 11 is 5.76. The van der Waals surface area contributed by atoms with E-state index in [4.69, 9.17) is 11.6 Å². The summed E-state index contributed by atoms with van der Waals surface area (Å²) in [7, 11) is 0. The highest BCUT2D eigenvalue weighted by Gasteiger charge is 2.04. The highest BCUT2D eigenvalue weighted by atomic mass is 35.5. The van der Waals surface area contributed by atoms with Crippen LogP contribution in [0.1, 0.15) is 43.0 Å². The van der Waals surface area contributed by atoms with Crippen LogP contribution in [0.3, 0.4) is 0 Å². The molecule has 0 fully saturated rings. The SMILES string of the molecule is CCCCCCNCC(=O)c1ccc(Cl)cc1. The van der Waals surface area contributed by atoms with Gasteiger partial charge in [-0.2, -0.15) is 0 Å². The summed E-state index contributed by atoms with van der Waals surface area (Å²) in [5.41, 5.74) is 0.718. The minimum absolute atomic E-state index is 0.122. The molecule has 0 aliphatic heterocycles. The maximum absolute atomic E-state index is 11.7. The summed E-state index contributed by atoms with van der Waals surface area (Å²) in [6.07, 6.45) is 4.89. The van der Waals surface area contributed by atoms with Crippen LogP contribution in [0.4, 0.5) is 0 Å². The number of Topliss-reactive ketones (excluding diaryl/α,β-unsaturated/α-hetero) is 1. The Morgan fingerprint density at radius 1 is 1.18 bits per heavy atom. The van der Waals surface area contributed by atoms with Crippen LogP contribution in [-0.4, -0.2) is 18.9 Å². The molecule has 0 atom stereocenters. The maximum atomic E-state index is 11.7. The van der Waals surface area contributed by atoms with Crippen LogP contribution >= 0.6 is 11.6 Å². The van der Waals surface area contributed by atoms with Gasteiger partial charge in [0.2, 0.25) is 0 Å². The summed E-state index contributed by atoms with van der Waals surface area (Å²) in [5, 5.41) is 3.84. The van der Waals surface area contributed by atoms with Crippen LogP contribution in [0.25, 0.3) is 0 Å². The Labute approximate surface area is 108 Å². The van der Waals surface area contributed by atoms with E-state index < -0.39 is 0 Å². The molecule has 0 aliphatic rings. The van der Waals surface area contributed by atoms with Crippen molar-refractivity contribution in [3.8, 4) is 0 Å². The second kappa shape index (κ2) is 8.26. The van der Waals surface area contributed by atoms with E-state index in [2.05, 4.69) is 12.2 Å². The molecule has 17 heavy (non-hydrogen) atoms. The molecule has 1 N–H and O–H groups in total. The molecule has 0 aliphatic carbocycles. The van der Waals surface area contributed by atoms with E-state index in [0.717, 1.165) is 18.5 Å². The second-order valence-electron chi connectivity index (χ2n) is 4.17. The predicted molar refractivity (Wildman–Crippen MR) is 72.8 cm³/mol. The van der Waals surface area contributed by atoms with Crippen molar-refractivity contribution in [2.75, 3.05) is 13.1 Å². The molecule has 0 bridgehead atoms. The number of hydrogen-bond acceptors (Lipinski definition) is 2. The van der Waals surface area contributed by atoms with Crippen molar-refractivity contribution in [3.63, 3.8) is 0 Å². The minimum atomic E-state index is 0.122. The highest BCUT2D eigenvalue weighted by Crippen LogP contribution is 2.09. The van der Waals surface area contributed by atoms with Crippen molar-refractivity contribution in [2.45, 2.75) is 32.6 Å². The molecular weight excluding hydrogens is 234 g/mol. The normalized spacial score (nSPS) is 10.5. The predicted octanol–water partition coefficient (Wildman–Crippen LogP) is 3.69. The van der Waals surface area contributed by atoms with Gasteiger partial charge in [0.1, 0.15) is 0 Å². The Hall–Kier alpha value is -0.860. The van der Waals surface area contributed by atoms with Crippen LogP contribution < -0.4 is 5.32 Å².